The van der Waals surface area contributed by atoms with E-state index in [9.17, 15) is 13.2 Å². The van der Waals surface area contributed by atoms with Crippen molar-refractivity contribution in [2.75, 3.05) is 25.5 Å². The van der Waals surface area contributed by atoms with E-state index in [0.717, 1.165) is 29.3 Å². The minimum atomic E-state index is -3.59. The fourth-order valence-electron chi connectivity index (χ4n) is 3.18. The van der Waals surface area contributed by atoms with E-state index in [1.54, 1.807) is 6.07 Å². The molecule has 1 saturated heterocycles. The number of piperidine rings is 1. The number of nitrogens with one attached hydrogen (secondary N) is 1. The predicted octanol–water partition coefficient (Wildman–Crippen LogP) is 3.81. The van der Waals surface area contributed by atoms with Gasteiger partial charge in [0.2, 0.25) is 15.9 Å². The highest BCUT2D eigenvalue weighted by atomic mass is 79.9. The summed E-state index contributed by atoms with van der Waals surface area (Å²) in [5.74, 6) is 0.176. The number of hydrogen-bond donors (Lipinski definition) is 1. The molecule has 1 N–H and O–H groups in total. The number of amides is 1. The van der Waals surface area contributed by atoms with Crippen molar-refractivity contribution in [3.63, 3.8) is 0 Å². The molecule has 28 heavy (non-hydrogen) atoms. The number of hydrogen-bond acceptors (Lipinski definition) is 4. The minimum Gasteiger partial charge on any atom is -0.495 e. The summed E-state index contributed by atoms with van der Waals surface area (Å²) < 4.78 is 33.6. The van der Waals surface area contributed by atoms with Crippen LogP contribution in [-0.4, -0.2) is 38.8 Å². The number of halogens is 1. The Morgan fingerprint density at radius 2 is 1.79 bits per heavy atom. The second-order valence-corrected chi connectivity index (χ2v) is 9.53. The van der Waals surface area contributed by atoms with E-state index >= 15 is 0 Å². The molecule has 0 aliphatic carbocycles. The average molecular weight is 467 g/mol. The molecule has 1 aliphatic rings. The molecule has 0 atom stereocenters. The third-order valence-corrected chi connectivity index (χ3v) is 7.10. The van der Waals surface area contributed by atoms with Gasteiger partial charge in [-0.25, -0.2) is 8.42 Å². The molecule has 0 saturated carbocycles. The summed E-state index contributed by atoms with van der Waals surface area (Å²) in [7, 11) is -2.10. The third-order valence-electron chi connectivity index (χ3n) is 4.68. The molecule has 150 valence electrons. The predicted molar refractivity (Wildman–Crippen MR) is 112 cm³/mol. The molecule has 3 rings (SSSR count). The highest BCUT2D eigenvalue weighted by molar-refractivity contribution is 9.10. The average Bonchev–Trinajstić information content (AvgIpc) is 2.70. The summed E-state index contributed by atoms with van der Waals surface area (Å²) in [5, 5.41) is 2.78. The van der Waals surface area contributed by atoms with Crippen LogP contribution in [0.4, 0.5) is 5.69 Å². The van der Waals surface area contributed by atoms with Crippen molar-refractivity contribution >= 4 is 37.5 Å². The van der Waals surface area contributed by atoms with Gasteiger partial charge in [-0.3, -0.25) is 4.79 Å². The van der Waals surface area contributed by atoms with E-state index in [1.807, 2.05) is 24.3 Å². The van der Waals surface area contributed by atoms with Crippen LogP contribution in [0.15, 0.2) is 51.8 Å². The topological polar surface area (TPSA) is 75.7 Å². The second kappa shape index (κ2) is 9.07. The van der Waals surface area contributed by atoms with E-state index in [2.05, 4.69) is 21.2 Å². The first-order valence-corrected chi connectivity index (χ1v) is 11.4. The van der Waals surface area contributed by atoms with Gasteiger partial charge in [0.15, 0.2) is 0 Å². The molecule has 2 aromatic rings. The molecule has 6 nitrogen and oxygen atoms in total. The Hall–Kier alpha value is -1.90. The van der Waals surface area contributed by atoms with Crippen molar-refractivity contribution in [1.82, 2.24) is 4.31 Å². The van der Waals surface area contributed by atoms with E-state index in [1.165, 1.54) is 23.5 Å². The summed E-state index contributed by atoms with van der Waals surface area (Å²) >= 11 is 3.37. The maximum Gasteiger partial charge on any atom is 0.243 e. The largest absolute Gasteiger partial charge is 0.495 e. The van der Waals surface area contributed by atoms with Crippen LogP contribution in [0.25, 0.3) is 0 Å². The first-order valence-electron chi connectivity index (χ1n) is 9.12. The van der Waals surface area contributed by atoms with Gasteiger partial charge in [-0.1, -0.05) is 34.5 Å². The summed E-state index contributed by atoms with van der Waals surface area (Å²) in [6.45, 7) is 1.05. The molecule has 0 bridgehead atoms. The van der Waals surface area contributed by atoms with Crippen LogP contribution >= 0.6 is 15.9 Å². The molecule has 1 heterocycles. The maximum atomic E-state index is 12.9. The Bertz CT molecular complexity index is 939. The summed E-state index contributed by atoms with van der Waals surface area (Å²) in [4.78, 5) is 12.6. The second-order valence-electron chi connectivity index (χ2n) is 6.68. The SMILES string of the molecule is COc1ccc(S(=O)(=O)N2CCCCC2)cc1NC(=O)Cc1ccc(Br)cc1. The van der Waals surface area contributed by atoms with Crippen LogP contribution in [0.2, 0.25) is 0 Å². The zero-order chi connectivity index (χ0) is 20.1. The maximum absolute atomic E-state index is 12.9. The molecule has 0 spiro atoms. The van der Waals surface area contributed by atoms with Crippen molar-refractivity contribution in [3.8, 4) is 5.75 Å². The van der Waals surface area contributed by atoms with Gasteiger partial charge in [-0.2, -0.15) is 4.31 Å². The van der Waals surface area contributed by atoms with Gasteiger partial charge in [0.1, 0.15) is 5.75 Å². The molecule has 0 unspecified atom stereocenters. The summed E-state index contributed by atoms with van der Waals surface area (Å²) in [5.41, 5.74) is 1.21. The minimum absolute atomic E-state index is 0.161. The Labute approximate surface area is 174 Å². The van der Waals surface area contributed by atoms with Crippen molar-refractivity contribution in [3.05, 3.63) is 52.5 Å². The number of ether oxygens (including phenoxy) is 1. The van der Waals surface area contributed by atoms with E-state index in [4.69, 9.17) is 4.74 Å². The number of carbonyl (C=O) groups excluding carboxylic acids is 1. The zero-order valence-electron chi connectivity index (χ0n) is 15.7. The zero-order valence-corrected chi connectivity index (χ0v) is 18.1. The molecule has 1 fully saturated rings. The number of methoxy groups -OCH3 is 1. The quantitative estimate of drug-likeness (QED) is 0.701. The van der Waals surface area contributed by atoms with Crippen LogP contribution in [0, 0.1) is 0 Å². The molecule has 0 radical (unpaired) electrons. The van der Waals surface area contributed by atoms with Gasteiger partial charge in [0.05, 0.1) is 24.1 Å². The fraction of sp³-hybridized carbons (Fsp3) is 0.350. The Balaban J connectivity index is 1.80. The third kappa shape index (κ3) is 4.92. The number of sulfonamides is 1. The molecule has 8 heteroatoms. The van der Waals surface area contributed by atoms with Gasteiger partial charge < -0.3 is 10.1 Å². The first kappa shape index (κ1) is 20.8. The normalized spacial score (nSPS) is 15.2. The lowest BCUT2D eigenvalue weighted by Gasteiger charge is -2.26. The Kier molecular flexibility index (Phi) is 6.74. The van der Waals surface area contributed by atoms with E-state index in [-0.39, 0.29) is 17.2 Å². The van der Waals surface area contributed by atoms with Gasteiger partial charge in [-0.05, 0) is 48.7 Å². The van der Waals surface area contributed by atoms with Crippen molar-refractivity contribution < 1.29 is 17.9 Å². The van der Waals surface area contributed by atoms with Gasteiger partial charge in [-0.15, -0.1) is 0 Å². The Morgan fingerprint density at radius 3 is 2.43 bits per heavy atom. The van der Waals surface area contributed by atoms with Crippen LogP contribution in [0.3, 0.4) is 0 Å². The van der Waals surface area contributed by atoms with E-state index < -0.39 is 10.0 Å². The van der Waals surface area contributed by atoms with Crippen molar-refractivity contribution in [1.29, 1.82) is 0 Å². The highest BCUT2D eigenvalue weighted by Crippen LogP contribution is 2.30. The molecule has 1 aliphatic heterocycles. The molecule has 2 aromatic carbocycles. The standard InChI is InChI=1S/C20H23BrN2O4S/c1-27-19-10-9-17(28(25,26)23-11-3-2-4-12-23)14-18(19)22-20(24)13-15-5-7-16(21)8-6-15/h5-10,14H,2-4,11-13H2,1H3,(H,22,24). The molecular formula is C20H23BrN2O4S. The van der Waals surface area contributed by atoms with Gasteiger partial charge in [0, 0.05) is 17.6 Å². The van der Waals surface area contributed by atoms with Gasteiger partial charge >= 0.3 is 0 Å². The monoisotopic (exact) mass is 466 g/mol. The van der Waals surface area contributed by atoms with Crippen LogP contribution < -0.4 is 10.1 Å². The molecule has 1 amide bonds. The highest BCUT2D eigenvalue weighted by Gasteiger charge is 2.27. The summed E-state index contributed by atoms with van der Waals surface area (Å²) in [6, 6.07) is 12.0. The number of rotatable bonds is 6. The lowest BCUT2D eigenvalue weighted by atomic mass is 10.1. The molecule has 0 aromatic heterocycles. The number of nitrogens with zero attached hydrogens (tertiary/aromatic N) is 1. The van der Waals surface area contributed by atoms with Crippen LogP contribution in [0.1, 0.15) is 24.8 Å². The lowest BCUT2D eigenvalue weighted by molar-refractivity contribution is -0.115. The first-order chi connectivity index (χ1) is 13.4. The fourth-order valence-corrected chi connectivity index (χ4v) is 4.99. The van der Waals surface area contributed by atoms with Crippen molar-refractivity contribution in [2.45, 2.75) is 30.6 Å². The van der Waals surface area contributed by atoms with Crippen molar-refractivity contribution in [2.24, 2.45) is 0 Å². The smallest absolute Gasteiger partial charge is 0.243 e. The Morgan fingerprint density at radius 1 is 1.11 bits per heavy atom. The summed E-state index contributed by atoms with van der Waals surface area (Å²) in [6.07, 6.45) is 2.96. The van der Waals surface area contributed by atoms with Crippen LogP contribution in [0.5, 0.6) is 5.75 Å². The van der Waals surface area contributed by atoms with Crippen LogP contribution in [-0.2, 0) is 21.2 Å². The number of benzene rings is 2. The number of anilines is 1. The van der Waals surface area contributed by atoms with E-state index in [0.29, 0.717) is 24.5 Å². The lowest BCUT2D eigenvalue weighted by Crippen LogP contribution is -2.35. The van der Waals surface area contributed by atoms with Gasteiger partial charge in [0.25, 0.3) is 0 Å². The molecular weight excluding hydrogens is 444 g/mol. The number of carbonyl (C=O) groups is 1.